The van der Waals surface area contributed by atoms with E-state index in [1.807, 2.05) is 6.92 Å². The third-order valence-electron chi connectivity index (χ3n) is 5.98. The molecule has 10 heteroatoms. The molecular formula is C24H23FN4O4S. The number of hydrogen-bond acceptors (Lipinski definition) is 7. The lowest BCUT2D eigenvalue weighted by Gasteiger charge is -2.14. The summed E-state index contributed by atoms with van der Waals surface area (Å²) in [5, 5.41) is 12.9. The van der Waals surface area contributed by atoms with Crippen LogP contribution >= 0.6 is 0 Å². The fourth-order valence-corrected chi connectivity index (χ4v) is 4.97. The second kappa shape index (κ2) is 8.37. The van der Waals surface area contributed by atoms with E-state index in [1.54, 1.807) is 41.1 Å². The van der Waals surface area contributed by atoms with Crippen molar-refractivity contribution in [2.24, 2.45) is 0 Å². The number of imidazole rings is 1. The number of rotatable bonds is 6. The van der Waals surface area contributed by atoms with Gasteiger partial charge in [-0.1, -0.05) is 6.07 Å². The summed E-state index contributed by atoms with van der Waals surface area (Å²) >= 11 is 0. The number of benzene rings is 2. The Morgan fingerprint density at radius 2 is 2.06 bits per heavy atom. The largest absolute Gasteiger partial charge is 0.493 e. The highest BCUT2D eigenvalue weighted by atomic mass is 32.2. The van der Waals surface area contributed by atoms with Crippen LogP contribution < -0.4 is 10.1 Å². The maximum absolute atomic E-state index is 14.6. The first kappa shape index (κ1) is 22.3. The van der Waals surface area contributed by atoms with E-state index in [2.05, 4.69) is 15.3 Å². The van der Waals surface area contributed by atoms with Crippen molar-refractivity contribution in [1.29, 1.82) is 0 Å². The minimum absolute atomic E-state index is 0.203. The molecule has 2 aromatic carbocycles. The van der Waals surface area contributed by atoms with E-state index in [4.69, 9.17) is 4.74 Å². The van der Waals surface area contributed by atoms with Crippen molar-refractivity contribution in [1.82, 2.24) is 14.4 Å². The summed E-state index contributed by atoms with van der Waals surface area (Å²) in [6.07, 6.45) is 5.13. The minimum atomic E-state index is -3.33. The molecule has 0 radical (unpaired) electrons. The van der Waals surface area contributed by atoms with Crippen molar-refractivity contribution in [3.63, 3.8) is 0 Å². The Labute approximate surface area is 196 Å². The van der Waals surface area contributed by atoms with Crippen molar-refractivity contribution in [2.75, 3.05) is 18.2 Å². The number of aliphatic hydroxyl groups excluding tert-OH is 1. The van der Waals surface area contributed by atoms with Crippen LogP contribution in [0.4, 0.5) is 10.3 Å². The van der Waals surface area contributed by atoms with E-state index in [-0.39, 0.29) is 23.9 Å². The molecule has 176 valence electrons. The maximum Gasteiger partial charge on any atom is 0.208 e. The minimum Gasteiger partial charge on any atom is -0.493 e. The third-order valence-corrected chi connectivity index (χ3v) is 7.09. The van der Waals surface area contributed by atoms with Crippen LogP contribution in [0, 0.1) is 12.7 Å². The van der Waals surface area contributed by atoms with Gasteiger partial charge in [-0.15, -0.1) is 0 Å². The van der Waals surface area contributed by atoms with Crippen LogP contribution in [0.25, 0.3) is 16.8 Å². The van der Waals surface area contributed by atoms with Crippen LogP contribution in [0.5, 0.6) is 5.75 Å². The fraction of sp³-hybridized carbons (Fsp3) is 0.250. The molecule has 2 N–H and O–H groups in total. The van der Waals surface area contributed by atoms with Crippen LogP contribution in [0.15, 0.2) is 47.6 Å². The van der Waals surface area contributed by atoms with Crippen molar-refractivity contribution in [3.05, 3.63) is 70.9 Å². The molecule has 0 saturated carbocycles. The first-order valence-corrected chi connectivity index (χ1v) is 12.6. The standard InChI is InChI=1S/C24H23FN4O4S/c1-14-9-16(34(2,31)32)3-4-17(14)20-11-27-24(29-12-15(13-30)28-23(20)29)26-10-19-18-7-8-33-22(18)6-5-21(19)25/h3-6,9,11-12,30H,7-8,10,13H2,1-2H3,(H,26,27). The number of fused-ring (bicyclic) bond motifs is 2. The first-order chi connectivity index (χ1) is 16.3. The predicted molar refractivity (Wildman–Crippen MR) is 125 cm³/mol. The van der Waals surface area contributed by atoms with Crippen LogP contribution in [-0.4, -0.2) is 40.8 Å². The van der Waals surface area contributed by atoms with Gasteiger partial charge in [0.2, 0.25) is 5.95 Å². The second-order valence-corrected chi connectivity index (χ2v) is 10.3. The van der Waals surface area contributed by atoms with Gasteiger partial charge in [0.15, 0.2) is 9.84 Å². The maximum atomic E-state index is 14.6. The summed E-state index contributed by atoms with van der Waals surface area (Å²) in [7, 11) is -3.33. The number of nitrogens with zero attached hydrogens (tertiary/aromatic N) is 3. The van der Waals surface area contributed by atoms with E-state index in [0.717, 1.165) is 16.7 Å². The normalized spacial score (nSPS) is 13.2. The second-order valence-electron chi connectivity index (χ2n) is 8.28. The summed E-state index contributed by atoms with van der Waals surface area (Å²) in [5.41, 5.74) is 4.58. The monoisotopic (exact) mass is 482 g/mol. The highest BCUT2D eigenvalue weighted by Gasteiger charge is 2.21. The number of ether oxygens (including phenoxy) is 1. The number of sulfone groups is 1. The SMILES string of the molecule is Cc1cc(S(C)(=O)=O)ccc1-c1cnc(NCc2c(F)ccc3c2CCO3)n2cc(CO)nc12. The highest BCUT2D eigenvalue weighted by molar-refractivity contribution is 7.90. The molecular weight excluding hydrogens is 459 g/mol. The molecule has 1 aliphatic rings. The van der Waals surface area contributed by atoms with Gasteiger partial charge in [0.1, 0.15) is 17.2 Å². The Balaban J connectivity index is 1.55. The summed E-state index contributed by atoms with van der Waals surface area (Å²) in [6, 6.07) is 7.94. The average molecular weight is 483 g/mol. The van der Waals surface area contributed by atoms with E-state index < -0.39 is 9.84 Å². The van der Waals surface area contributed by atoms with Crippen molar-refractivity contribution >= 4 is 21.4 Å². The predicted octanol–water partition coefficient (Wildman–Crippen LogP) is 3.29. The molecule has 0 atom stereocenters. The average Bonchev–Trinajstić information content (AvgIpc) is 3.45. The molecule has 0 amide bonds. The Kier molecular flexibility index (Phi) is 5.49. The molecule has 0 unspecified atom stereocenters. The van der Waals surface area contributed by atoms with Crippen LogP contribution in [0.1, 0.15) is 22.4 Å². The molecule has 3 heterocycles. The summed E-state index contributed by atoms with van der Waals surface area (Å²) in [6.45, 7) is 2.30. The van der Waals surface area contributed by atoms with E-state index in [9.17, 15) is 17.9 Å². The molecule has 2 aromatic heterocycles. The van der Waals surface area contributed by atoms with Crippen molar-refractivity contribution < 1.29 is 22.7 Å². The van der Waals surface area contributed by atoms with E-state index in [1.165, 1.54) is 12.3 Å². The molecule has 0 aliphatic carbocycles. The van der Waals surface area contributed by atoms with Gasteiger partial charge in [0.25, 0.3) is 0 Å². The zero-order valence-electron chi connectivity index (χ0n) is 18.7. The van der Waals surface area contributed by atoms with Gasteiger partial charge >= 0.3 is 0 Å². The number of halogens is 1. The Morgan fingerprint density at radius 1 is 1.24 bits per heavy atom. The van der Waals surface area contributed by atoms with Crippen molar-refractivity contribution in [2.45, 2.75) is 31.4 Å². The quantitative estimate of drug-likeness (QED) is 0.434. The lowest BCUT2D eigenvalue weighted by Crippen LogP contribution is -2.10. The number of anilines is 1. The lowest BCUT2D eigenvalue weighted by atomic mass is 10.0. The summed E-state index contributed by atoms with van der Waals surface area (Å²) < 4.78 is 45.6. The van der Waals surface area contributed by atoms with Crippen LogP contribution in [0.2, 0.25) is 0 Å². The zero-order chi connectivity index (χ0) is 24.0. The Hall–Kier alpha value is -3.50. The van der Waals surface area contributed by atoms with E-state index >= 15 is 0 Å². The van der Waals surface area contributed by atoms with Crippen molar-refractivity contribution in [3.8, 4) is 16.9 Å². The molecule has 5 rings (SSSR count). The van der Waals surface area contributed by atoms with Gasteiger partial charge in [-0.25, -0.2) is 22.8 Å². The Morgan fingerprint density at radius 3 is 2.79 bits per heavy atom. The smallest absolute Gasteiger partial charge is 0.208 e. The summed E-state index contributed by atoms with van der Waals surface area (Å²) in [5.74, 6) is 0.824. The Bertz CT molecular complexity index is 1530. The molecule has 34 heavy (non-hydrogen) atoms. The number of aromatic nitrogens is 3. The number of aliphatic hydroxyl groups is 1. The van der Waals surface area contributed by atoms with E-state index in [0.29, 0.717) is 47.2 Å². The number of hydrogen-bond donors (Lipinski definition) is 2. The van der Waals surface area contributed by atoms with Gasteiger partial charge in [0.05, 0.1) is 23.8 Å². The molecule has 0 fully saturated rings. The van der Waals surface area contributed by atoms with Gasteiger partial charge in [-0.3, -0.25) is 4.40 Å². The van der Waals surface area contributed by atoms with Gasteiger partial charge in [-0.2, -0.15) is 0 Å². The summed E-state index contributed by atoms with van der Waals surface area (Å²) in [4.78, 5) is 9.30. The molecule has 1 aliphatic heterocycles. The molecule has 0 saturated heterocycles. The fourth-order valence-electron chi connectivity index (χ4n) is 4.27. The molecule has 0 bridgehead atoms. The first-order valence-electron chi connectivity index (χ1n) is 10.7. The number of aryl methyl sites for hydroxylation is 1. The van der Waals surface area contributed by atoms with Gasteiger partial charge in [0, 0.05) is 48.3 Å². The molecule has 8 nitrogen and oxygen atoms in total. The topological polar surface area (TPSA) is 106 Å². The van der Waals surface area contributed by atoms with Gasteiger partial charge in [-0.05, 0) is 42.3 Å². The lowest BCUT2D eigenvalue weighted by molar-refractivity contribution is 0.277. The molecule has 0 spiro atoms. The highest BCUT2D eigenvalue weighted by Crippen LogP contribution is 2.32. The number of nitrogens with one attached hydrogen (secondary N) is 1. The van der Waals surface area contributed by atoms with Crippen LogP contribution in [-0.2, 0) is 29.4 Å². The van der Waals surface area contributed by atoms with Crippen LogP contribution in [0.3, 0.4) is 0 Å². The zero-order valence-corrected chi connectivity index (χ0v) is 19.5. The molecule has 4 aromatic rings. The van der Waals surface area contributed by atoms with Gasteiger partial charge < -0.3 is 15.2 Å². The third kappa shape index (κ3) is 3.88.